The van der Waals surface area contributed by atoms with E-state index in [4.69, 9.17) is 5.11 Å². The molecule has 0 spiro atoms. The van der Waals surface area contributed by atoms with Crippen LogP contribution >= 0.6 is 11.8 Å². The zero-order valence-corrected chi connectivity index (χ0v) is 11.4. The van der Waals surface area contributed by atoms with E-state index in [9.17, 15) is 4.79 Å². The maximum absolute atomic E-state index is 10.9. The number of rotatable bonds is 3. The van der Waals surface area contributed by atoms with E-state index >= 15 is 0 Å². The van der Waals surface area contributed by atoms with Gasteiger partial charge in [-0.05, 0) is 29.2 Å². The first-order valence-electron chi connectivity index (χ1n) is 6.18. The van der Waals surface area contributed by atoms with Crippen LogP contribution in [0.25, 0.3) is 11.1 Å². The first-order valence-corrected chi connectivity index (χ1v) is 7.16. The molecule has 0 atom stereocenters. The molecule has 0 amide bonds. The molecular formula is C16H14O2S. The lowest BCUT2D eigenvalue weighted by Crippen LogP contribution is -2.18. The summed E-state index contributed by atoms with van der Waals surface area (Å²) in [5, 5.41) is 8.96. The van der Waals surface area contributed by atoms with Crippen molar-refractivity contribution in [2.24, 2.45) is 0 Å². The molecule has 3 heteroatoms. The van der Waals surface area contributed by atoms with E-state index in [2.05, 4.69) is 31.2 Å². The summed E-state index contributed by atoms with van der Waals surface area (Å²) in [4.78, 5) is 10.9. The van der Waals surface area contributed by atoms with Crippen molar-refractivity contribution < 1.29 is 9.90 Å². The number of carbonyl (C=O) groups is 1. The second kappa shape index (κ2) is 4.42. The summed E-state index contributed by atoms with van der Waals surface area (Å²) in [6.07, 6.45) is 0. The minimum atomic E-state index is -0.770. The van der Waals surface area contributed by atoms with Crippen molar-refractivity contribution in [3.05, 3.63) is 59.7 Å². The SMILES string of the molecule is CC1(SCC(=O)O)c2ccccc2-c2ccccc21. The molecule has 2 nitrogen and oxygen atoms in total. The third-order valence-corrected chi connectivity index (χ3v) is 5.07. The van der Waals surface area contributed by atoms with Crippen LogP contribution in [-0.4, -0.2) is 16.8 Å². The highest BCUT2D eigenvalue weighted by atomic mass is 32.2. The summed E-state index contributed by atoms with van der Waals surface area (Å²) in [7, 11) is 0. The Morgan fingerprint density at radius 2 is 1.53 bits per heavy atom. The summed E-state index contributed by atoms with van der Waals surface area (Å²) in [5.74, 6) is -0.660. The van der Waals surface area contributed by atoms with Gasteiger partial charge in [0.25, 0.3) is 0 Å². The molecule has 1 N–H and O–H groups in total. The number of carboxylic acid groups (broad SMARTS) is 1. The van der Waals surface area contributed by atoms with Crippen molar-refractivity contribution in [3.8, 4) is 11.1 Å². The molecule has 3 rings (SSSR count). The Labute approximate surface area is 116 Å². The Morgan fingerprint density at radius 3 is 2.00 bits per heavy atom. The predicted octanol–water partition coefficient (Wildman–Crippen LogP) is 3.75. The molecule has 1 aliphatic carbocycles. The lowest BCUT2D eigenvalue weighted by molar-refractivity contribution is -0.133. The largest absolute Gasteiger partial charge is 0.481 e. The second-order valence-electron chi connectivity index (χ2n) is 4.81. The van der Waals surface area contributed by atoms with Crippen LogP contribution in [0.3, 0.4) is 0 Å². The number of hydrogen-bond donors (Lipinski definition) is 1. The first kappa shape index (κ1) is 12.3. The topological polar surface area (TPSA) is 37.3 Å². The maximum Gasteiger partial charge on any atom is 0.313 e. The zero-order valence-electron chi connectivity index (χ0n) is 10.6. The van der Waals surface area contributed by atoms with Gasteiger partial charge in [0.15, 0.2) is 0 Å². The number of fused-ring (bicyclic) bond motifs is 3. The minimum absolute atomic E-state index is 0.110. The molecular weight excluding hydrogens is 256 g/mol. The van der Waals surface area contributed by atoms with Gasteiger partial charge in [-0.1, -0.05) is 48.5 Å². The van der Waals surface area contributed by atoms with E-state index < -0.39 is 5.97 Å². The summed E-state index contributed by atoms with van der Waals surface area (Å²) in [6.45, 7) is 2.12. The van der Waals surface area contributed by atoms with Gasteiger partial charge in [-0.2, -0.15) is 0 Å². The molecule has 2 aromatic carbocycles. The van der Waals surface area contributed by atoms with Crippen LogP contribution in [0.1, 0.15) is 18.1 Å². The lowest BCUT2D eigenvalue weighted by atomic mass is 9.98. The Morgan fingerprint density at radius 1 is 1.05 bits per heavy atom. The molecule has 1 aliphatic rings. The van der Waals surface area contributed by atoms with Gasteiger partial charge < -0.3 is 5.11 Å². The van der Waals surface area contributed by atoms with Crippen LogP contribution in [0.5, 0.6) is 0 Å². The van der Waals surface area contributed by atoms with E-state index in [0.717, 1.165) is 0 Å². The van der Waals surface area contributed by atoms with Crippen LogP contribution in [-0.2, 0) is 9.54 Å². The molecule has 96 valence electrons. The molecule has 2 aromatic rings. The maximum atomic E-state index is 10.9. The molecule has 0 fully saturated rings. The molecule has 0 bridgehead atoms. The quantitative estimate of drug-likeness (QED) is 0.923. The fourth-order valence-corrected chi connectivity index (χ4v) is 3.85. The number of benzene rings is 2. The van der Waals surface area contributed by atoms with Gasteiger partial charge in [0.2, 0.25) is 0 Å². The number of aliphatic carboxylic acids is 1. The smallest absolute Gasteiger partial charge is 0.313 e. The lowest BCUT2D eigenvalue weighted by Gasteiger charge is -2.26. The van der Waals surface area contributed by atoms with E-state index in [1.54, 1.807) is 0 Å². The van der Waals surface area contributed by atoms with Gasteiger partial charge in [-0.15, -0.1) is 11.8 Å². The van der Waals surface area contributed by atoms with Gasteiger partial charge >= 0.3 is 5.97 Å². The Bertz CT molecular complexity index is 603. The van der Waals surface area contributed by atoms with Crippen molar-refractivity contribution in [2.45, 2.75) is 11.7 Å². The standard InChI is InChI=1S/C16H14O2S/c1-16(19-10-15(17)18)13-8-4-2-6-11(13)12-7-3-5-9-14(12)16/h2-9H,10H2,1H3,(H,17,18). The summed E-state index contributed by atoms with van der Waals surface area (Å²) < 4.78 is -0.272. The van der Waals surface area contributed by atoms with Crippen molar-refractivity contribution in [2.75, 3.05) is 5.75 Å². The molecule has 0 saturated carbocycles. The van der Waals surface area contributed by atoms with E-state index in [1.807, 2.05) is 24.3 Å². The number of carboxylic acids is 1. The van der Waals surface area contributed by atoms with Crippen molar-refractivity contribution in [1.82, 2.24) is 0 Å². The van der Waals surface area contributed by atoms with Crippen LogP contribution < -0.4 is 0 Å². The normalized spacial score (nSPS) is 14.8. The Kier molecular flexibility index (Phi) is 2.86. The van der Waals surface area contributed by atoms with Crippen LogP contribution in [0.4, 0.5) is 0 Å². The number of thioether (sulfide) groups is 1. The van der Waals surface area contributed by atoms with E-state index in [1.165, 1.54) is 34.0 Å². The predicted molar refractivity (Wildman–Crippen MR) is 78.4 cm³/mol. The Balaban J connectivity index is 2.16. The Hall–Kier alpha value is -1.74. The molecule has 0 aromatic heterocycles. The van der Waals surface area contributed by atoms with Gasteiger partial charge in [-0.25, -0.2) is 0 Å². The van der Waals surface area contributed by atoms with E-state index in [-0.39, 0.29) is 10.5 Å². The zero-order chi connectivity index (χ0) is 13.5. The molecule has 0 radical (unpaired) electrons. The van der Waals surface area contributed by atoms with Crippen molar-refractivity contribution in [3.63, 3.8) is 0 Å². The summed E-state index contributed by atoms with van der Waals surface area (Å²) >= 11 is 1.48. The molecule has 19 heavy (non-hydrogen) atoms. The average Bonchev–Trinajstić information content (AvgIpc) is 2.69. The molecule has 0 aliphatic heterocycles. The highest BCUT2D eigenvalue weighted by Gasteiger charge is 2.39. The van der Waals surface area contributed by atoms with Gasteiger partial charge in [0.1, 0.15) is 0 Å². The van der Waals surface area contributed by atoms with Crippen LogP contribution in [0, 0.1) is 0 Å². The van der Waals surface area contributed by atoms with Crippen molar-refractivity contribution in [1.29, 1.82) is 0 Å². The van der Waals surface area contributed by atoms with Crippen LogP contribution in [0.15, 0.2) is 48.5 Å². The van der Waals surface area contributed by atoms with Gasteiger partial charge in [-0.3, -0.25) is 4.79 Å². The summed E-state index contributed by atoms with van der Waals surface area (Å²) in [5.41, 5.74) is 4.86. The molecule has 0 heterocycles. The average molecular weight is 270 g/mol. The van der Waals surface area contributed by atoms with Gasteiger partial charge in [0.05, 0.1) is 10.5 Å². The van der Waals surface area contributed by atoms with Crippen molar-refractivity contribution >= 4 is 17.7 Å². The fraction of sp³-hybridized carbons (Fsp3) is 0.188. The highest BCUT2D eigenvalue weighted by molar-refractivity contribution is 8.01. The molecule has 0 unspecified atom stereocenters. The number of hydrogen-bond acceptors (Lipinski definition) is 2. The first-order chi connectivity index (χ1) is 9.13. The van der Waals surface area contributed by atoms with Gasteiger partial charge in [0, 0.05) is 0 Å². The minimum Gasteiger partial charge on any atom is -0.481 e. The summed E-state index contributed by atoms with van der Waals surface area (Å²) in [6, 6.07) is 16.5. The molecule has 0 saturated heterocycles. The third kappa shape index (κ3) is 1.85. The van der Waals surface area contributed by atoms with Crippen LogP contribution in [0.2, 0.25) is 0 Å². The fourth-order valence-electron chi connectivity index (χ4n) is 2.77. The third-order valence-electron chi connectivity index (χ3n) is 3.66. The second-order valence-corrected chi connectivity index (χ2v) is 6.20. The van der Waals surface area contributed by atoms with E-state index in [0.29, 0.717) is 0 Å². The monoisotopic (exact) mass is 270 g/mol. The highest BCUT2D eigenvalue weighted by Crippen LogP contribution is 2.54.